The molecule has 3 nitrogen and oxygen atoms in total. The molecule has 1 fully saturated rings. The fourth-order valence-corrected chi connectivity index (χ4v) is 2.77. The van der Waals surface area contributed by atoms with Crippen LogP contribution in [0.15, 0.2) is 22.7 Å². The molecule has 92 valence electrons. The van der Waals surface area contributed by atoms with Crippen molar-refractivity contribution in [2.24, 2.45) is 0 Å². The van der Waals surface area contributed by atoms with Gasteiger partial charge in [0.05, 0.1) is 5.56 Å². The van der Waals surface area contributed by atoms with Crippen molar-refractivity contribution in [1.82, 2.24) is 4.90 Å². The monoisotopic (exact) mass is 296 g/mol. The van der Waals surface area contributed by atoms with Crippen molar-refractivity contribution in [3.05, 3.63) is 28.2 Å². The molecule has 0 heterocycles. The van der Waals surface area contributed by atoms with Crippen molar-refractivity contribution in [3.63, 3.8) is 0 Å². The predicted molar refractivity (Wildman–Crippen MR) is 72.9 cm³/mol. The third-order valence-electron chi connectivity index (χ3n) is 3.41. The van der Waals surface area contributed by atoms with Gasteiger partial charge in [-0.1, -0.05) is 12.8 Å². The van der Waals surface area contributed by atoms with Crippen molar-refractivity contribution in [3.8, 4) is 0 Å². The fourth-order valence-electron chi connectivity index (χ4n) is 2.35. The molecule has 1 aliphatic rings. The van der Waals surface area contributed by atoms with Crippen molar-refractivity contribution in [1.29, 1.82) is 0 Å². The van der Waals surface area contributed by atoms with Crippen LogP contribution < -0.4 is 5.73 Å². The van der Waals surface area contributed by atoms with E-state index in [1.54, 1.807) is 12.1 Å². The number of hydrogen-bond donors (Lipinski definition) is 1. The number of hydrogen-bond acceptors (Lipinski definition) is 2. The molecular formula is C13H17BrN2O. The number of nitrogen functional groups attached to an aromatic ring is 1. The van der Waals surface area contributed by atoms with E-state index in [4.69, 9.17) is 5.73 Å². The van der Waals surface area contributed by atoms with Crippen molar-refractivity contribution in [2.45, 2.75) is 31.7 Å². The van der Waals surface area contributed by atoms with E-state index >= 15 is 0 Å². The SMILES string of the molecule is CN(C(=O)c1cc(N)ccc1Br)C1CCCC1. The Morgan fingerprint density at radius 1 is 1.41 bits per heavy atom. The highest BCUT2D eigenvalue weighted by molar-refractivity contribution is 9.10. The highest BCUT2D eigenvalue weighted by Crippen LogP contribution is 2.26. The fraction of sp³-hybridized carbons (Fsp3) is 0.462. The summed E-state index contributed by atoms with van der Waals surface area (Å²) in [7, 11) is 1.88. The largest absolute Gasteiger partial charge is 0.399 e. The molecular weight excluding hydrogens is 280 g/mol. The molecule has 1 aliphatic carbocycles. The standard InChI is InChI=1S/C13H17BrN2O/c1-16(10-4-2-3-5-10)13(17)11-8-9(15)6-7-12(11)14/h6-8,10H,2-5,15H2,1H3. The zero-order chi connectivity index (χ0) is 12.4. The summed E-state index contributed by atoms with van der Waals surface area (Å²) in [4.78, 5) is 14.2. The molecule has 1 saturated carbocycles. The number of amides is 1. The number of carbonyl (C=O) groups excluding carboxylic acids is 1. The van der Waals surface area contributed by atoms with Gasteiger partial charge in [0.15, 0.2) is 0 Å². The minimum absolute atomic E-state index is 0.0519. The summed E-state index contributed by atoms with van der Waals surface area (Å²) >= 11 is 3.40. The Balaban J connectivity index is 2.20. The normalized spacial score (nSPS) is 16.1. The van der Waals surface area contributed by atoms with Gasteiger partial charge < -0.3 is 10.6 Å². The molecule has 4 heteroatoms. The predicted octanol–water partition coefficient (Wildman–Crippen LogP) is 3.05. The van der Waals surface area contributed by atoms with Crippen LogP contribution in [0.4, 0.5) is 5.69 Å². The van der Waals surface area contributed by atoms with Crippen LogP contribution in [0.2, 0.25) is 0 Å². The van der Waals surface area contributed by atoms with Crippen molar-refractivity contribution < 1.29 is 4.79 Å². The Bertz CT molecular complexity index is 427. The Morgan fingerprint density at radius 3 is 2.71 bits per heavy atom. The van der Waals surface area contributed by atoms with Gasteiger partial charge in [0.2, 0.25) is 0 Å². The van der Waals surface area contributed by atoms with Gasteiger partial charge in [-0.2, -0.15) is 0 Å². The van der Waals surface area contributed by atoms with Gasteiger partial charge in [0, 0.05) is 23.2 Å². The van der Waals surface area contributed by atoms with Gasteiger partial charge in [-0.05, 0) is 47.0 Å². The number of carbonyl (C=O) groups is 1. The van der Waals surface area contributed by atoms with E-state index in [1.165, 1.54) is 12.8 Å². The molecule has 0 unspecified atom stereocenters. The summed E-state index contributed by atoms with van der Waals surface area (Å²) in [6.45, 7) is 0. The van der Waals surface area contributed by atoms with Crippen molar-refractivity contribution in [2.75, 3.05) is 12.8 Å². The molecule has 0 aromatic heterocycles. The third-order valence-corrected chi connectivity index (χ3v) is 4.11. The summed E-state index contributed by atoms with van der Waals surface area (Å²) in [5.41, 5.74) is 7.00. The highest BCUT2D eigenvalue weighted by Gasteiger charge is 2.25. The highest BCUT2D eigenvalue weighted by atomic mass is 79.9. The summed E-state index contributed by atoms with van der Waals surface area (Å²) in [5.74, 6) is 0.0519. The second kappa shape index (κ2) is 5.08. The quantitative estimate of drug-likeness (QED) is 0.853. The van der Waals surface area contributed by atoms with E-state index in [9.17, 15) is 4.79 Å². The van der Waals surface area contributed by atoms with Gasteiger partial charge in [-0.25, -0.2) is 0 Å². The van der Waals surface area contributed by atoms with E-state index < -0.39 is 0 Å². The topological polar surface area (TPSA) is 46.3 Å². The summed E-state index contributed by atoms with van der Waals surface area (Å²) in [5, 5.41) is 0. The molecule has 0 saturated heterocycles. The number of rotatable bonds is 2. The lowest BCUT2D eigenvalue weighted by atomic mass is 10.1. The van der Waals surface area contributed by atoms with Crippen LogP contribution in [0.5, 0.6) is 0 Å². The van der Waals surface area contributed by atoms with Gasteiger partial charge in [0.1, 0.15) is 0 Å². The lowest BCUT2D eigenvalue weighted by Crippen LogP contribution is -2.35. The first-order chi connectivity index (χ1) is 8.09. The van der Waals surface area contributed by atoms with Crippen molar-refractivity contribution >= 4 is 27.5 Å². The maximum atomic E-state index is 12.3. The molecule has 0 aliphatic heterocycles. The number of nitrogens with zero attached hydrogens (tertiary/aromatic N) is 1. The van der Waals surface area contributed by atoms with Crippen LogP contribution in [0.1, 0.15) is 36.0 Å². The maximum Gasteiger partial charge on any atom is 0.255 e. The Labute approximate surface area is 110 Å². The molecule has 1 amide bonds. The average molecular weight is 297 g/mol. The van der Waals surface area contributed by atoms with E-state index in [2.05, 4.69) is 15.9 Å². The lowest BCUT2D eigenvalue weighted by Gasteiger charge is -2.24. The number of nitrogens with two attached hydrogens (primary N) is 1. The van der Waals surface area contributed by atoms with Crippen LogP contribution in [0.3, 0.4) is 0 Å². The Kier molecular flexibility index (Phi) is 3.72. The summed E-state index contributed by atoms with van der Waals surface area (Å²) in [6, 6.07) is 5.73. The first kappa shape index (κ1) is 12.4. The summed E-state index contributed by atoms with van der Waals surface area (Å²) < 4.78 is 0.807. The van der Waals surface area contributed by atoms with Crippen LogP contribution in [-0.4, -0.2) is 23.9 Å². The molecule has 2 rings (SSSR count). The minimum atomic E-state index is 0.0519. The van der Waals surface area contributed by atoms with Gasteiger partial charge in [-0.15, -0.1) is 0 Å². The number of benzene rings is 1. The summed E-state index contributed by atoms with van der Waals surface area (Å²) in [6.07, 6.45) is 4.67. The number of anilines is 1. The average Bonchev–Trinajstić information content (AvgIpc) is 2.84. The van der Waals surface area contributed by atoms with E-state index in [0.717, 1.165) is 17.3 Å². The smallest absolute Gasteiger partial charge is 0.255 e. The van der Waals surface area contributed by atoms with E-state index in [0.29, 0.717) is 17.3 Å². The molecule has 1 aromatic rings. The zero-order valence-corrected chi connectivity index (χ0v) is 11.5. The van der Waals surface area contributed by atoms with Gasteiger partial charge in [-0.3, -0.25) is 4.79 Å². The second-order valence-corrected chi connectivity index (χ2v) is 5.45. The third kappa shape index (κ3) is 2.63. The first-order valence-corrected chi connectivity index (χ1v) is 6.71. The van der Waals surface area contributed by atoms with Crippen LogP contribution in [0, 0.1) is 0 Å². The molecule has 0 bridgehead atoms. The Morgan fingerprint density at radius 2 is 2.06 bits per heavy atom. The minimum Gasteiger partial charge on any atom is -0.399 e. The Hall–Kier alpha value is -1.03. The van der Waals surface area contributed by atoms with Gasteiger partial charge in [0.25, 0.3) is 5.91 Å². The first-order valence-electron chi connectivity index (χ1n) is 5.92. The van der Waals surface area contributed by atoms with E-state index in [1.807, 2.05) is 18.0 Å². The zero-order valence-electron chi connectivity index (χ0n) is 9.95. The molecule has 0 atom stereocenters. The molecule has 17 heavy (non-hydrogen) atoms. The van der Waals surface area contributed by atoms with Crippen LogP contribution >= 0.6 is 15.9 Å². The molecule has 1 aromatic carbocycles. The molecule has 0 radical (unpaired) electrons. The van der Waals surface area contributed by atoms with E-state index in [-0.39, 0.29) is 5.91 Å². The lowest BCUT2D eigenvalue weighted by molar-refractivity contribution is 0.0734. The van der Waals surface area contributed by atoms with Gasteiger partial charge >= 0.3 is 0 Å². The molecule has 2 N–H and O–H groups in total. The molecule has 0 spiro atoms. The van der Waals surface area contributed by atoms with Crippen LogP contribution in [-0.2, 0) is 0 Å². The maximum absolute atomic E-state index is 12.3. The second-order valence-electron chi connectivity index (χ2n) is 4.59. The number of halogens is 1. The van der Waals surface area contributed by atoms with Crippen LogP contribution in [0.25, 0.3) is 0 Å².